The molecule has 0 aromatic carbocycles. The lowest BCUT2D eigenvalue weighted by atomic mass is 10.3. The van der Waals surface area contributed by atoms with Gasteiger partial charge in [-0.25, -0.2) is 34.9 Å². The Hall–Kier alpha value is -3.80. The van der Waals surface area contributed by atoms with E-state index in [0.29, 0.717) is 33.8 Å². The van der Waals surface area contributed by atoms with Crippen molar-refractivity contribution in [3.8, 4) is 0 Å². The summed E-state index contributed by atoms with van der Waals surface area (Å²) in [5.74, 6) is 1.15. The number of rotatable bonds is 1. The standard InChI is InChI=1S/C6H5ClN4.C5H5Cl2N3.C5H7ClN4.C4H6O2.C2H4O.H3N.H2O/c1-3-10-5(7)4-6(11-3)9-2-8-4;1-2-9-4(6)3(8)5(7)10-2;1-2-9-4(6)3(7)5(8)10-2;1-3(5)4(2)6;1-2-3;;/h2H,1H3,(H,8,9,10,11);8H2,1H3;7H2,1H3,(H2,8,9,10);1-2H3;2H,1H3;1H3;1H2. The Labute approximate surface area is 261 Å². The maximum absolute atomic E-state index is 9.79. The molecule has 0 bridgehead atoms. The van der Waals surface area contributed by atoms with Crippen LogP contribution in [0.4, 0.5) is 17.2 Å². The Morgan fingerprint density at radius 3 is 1.50 bits per heavy atom. The molecule has 4 rings (SSSR count). The van der Waals surface area contributed by atoms with E-state index in [1.165, 1.54) is 20.8 Å². The number of hydrogen-bond acceptors (Lipinski definition) is 14. The fraction of sp³-hybridized carbons (Fsp3) is 0.273. The Balaban J connectivity index is -0.000000469. The van der Waals surface area contributed by atoms with Crippen LogP contribution in [0.1, 0.15) is 38.2 Å². The van der Waals surface area contributed by atoms with Gasteiger partial charge in [0.25, 0.3) is 0 Å². The molecular formula is C22H32Cl4N12O4. The van der Waals surface area contributed by atoms with Gasteiger partial charge in [-0.05, 0) is 27.7 Å². The number of anilines is 3. The number of aryl methyl sites for hydroxylation is 3. The number of aromatic nitrogens is 8. The van der Waals surface area contributed by atoms with Gasteiger partial charge in [-0.1, -0.05) is 46.4 Å². The largest absolute Gasteiger partial charge is 0.412 e. The summed E-state index contributed by atoms with van der Waals surface area (Å²) in [7, 11) is 0. The zero-order valence-corrected chi connectivity index (χ0v) is 26.5. The first-order chi connectivity index (χ1) is 18.5. The molecule has 0 spiro atoms. The number of carbonyl (C=O) groups is 3. The highest BCUT2D eigenvalue weighted by molar-refractivity contribution is 6.37. The number of Topliss-reactive ketones (excluding diaryl/α,β-unsaturated/α-hetero) is 2. The molecule has 0 amide bonds. The molecule has 0 unspecified atom stereocenters. The topological polar surface area (TPSA) is 302 Å². The van der Waals surface area contributed by atoms with Crippen LogP contribution in [0.5, 0.6) is 0 Å². The Morgan fingerprint density at radius 1 is 0.738 bits per heavy atom. The number of imidazole rings is 1. The minimum atomic E-state index is -0.380. The highest BCUT2D eigenvalue weighted by Crippen LogP contribution is 2.22. The third-order valence-corrected chi connectivity index (χ3v) is 4.99. The first-order valence-electron chi connectivity index (χ1n) is 10.8. The van der Waals surface area contributed by atoms with E-state index < -0.39 is 0 Å². The second-order valence-corrected chi connectivity index (χ2v) is 8.57. The summed E-state index contributed by atoms with van der Waals surface area (Å²) in [5.41, 5.74) is 17.9. The highest BCUT2D eigenvalue weighted by Gasteiger charge is 2.05. The lowest BCUT2D eigenvalue weighted by molar-refractivity contribution is -0.134. The quantitative estimate of drug-likeness (QED) is 0.110. The van der Waals surface area contributed by atoms with Gasteiger partial charge in [0.2, 0.25) is 0 Å². The van der Waals surface area contributed by atoms with E-state index >= 15 is 0 Å². The minimum absolute atomic E-state index is 0. The van der Waals surface area contributed by atoms with Gasteiger partial charge < -0.3 is 38.6 Å². The molecule has 4 aromatic heterocycles. The normalized spacial score (nSPS) is 8.90. The van der Waals surface area contributed by atoms with Gasteiger partial charge >= 0.3 is 0 Å². The molecule has 4 aromatic rings. The lowest BCUT2D eigenvalue weighted by Gasteiger charge is -2.00. The van der Waals surface area contributed by atoms with E-state index in [1.54, 1.807) is 27.1 Å². The summed E-state index contributed by atoms with van der Waals surface area (Å²) in [4.78, 5) is 58.3. The average Bonchev–Trinajstić information content (AvgIpc) is 3.31. The molecule has 0 saturated heterocycles. The van der Waals surface area contributed by atoms with Crippen molar-refractivity contribution in [2.75, 3.05) is 17.2 Å². The van der Waals surface area contributed by atoms with E-state index in [-0.39, 0.29) is 55.8 Å². The van der Waals surface area contributed by atoms with E-state index in [1.807, 2.05) is 0 Å². The molecule has 0 aliphatic heterocycles. The summed E-state index contributed by atoms with van der Waals surface area (Å²) in [6.07, 6.45) is 2.30. The number of ketones is 2. The van der Waals surface area contributed by atoms with Crippen molar-refractivity contribution in [2.24, 2.45) is 0 Å². The molecule has 0 atom stereocenters. The van der Waals surface area contributed by atoms with Crippen LogP contribution >= 0.6 is 46.4 Å². The van der Waals surface area contributed by atoms with E-state index in [2.05, 4.69) is 39.9 Å². The van der Waals surface area contributed by atoms with Gasteiger partial charge in [-0.15, -0.1) is 0 Å². The number of nitrogens with zero attached hydrogens (tertiary/aromatic N) is 7. The summed E-state index contributed by atoms with van der Waals surface area (Å²) in [5, 5.41) is 1.05. The third kappa shape index (κ3) is 15.3. The molecule has 16 nitrogen and oxygen atoms in total. The fourth-order valence-electron chi connectivity index (χ4n) is 1.98. The van der Waals surface area contributed by atoms with E-state index in [9.17, 15) is 9.59 Å². The fourth-order valence-corrected chi connectivity index (χ4v) is 2.93. The molecule has 0 radical (unpaired) electrons. The van der Waals surface area contributed by atoms with Gasteiger partial charge in [0.1, 0.15) is 40.7 Å². The molecule has 0 saturated carbocycles. The lowest BCUT2D eigenvalue weighted by Crippen LogP contribution is -2.02. The number of aldehydes is 1. The van der Waals surface area contributed by atoms with Crippen LogP contribution in [-0.4, -0.2) is 63.2 Å². The number of H-pyrrole nitrogens is 1. The summed E-state index contributed by atoms with van der Waals surface area (Å²) >= 11 is 22.5. The van der Waals surface area contributed by atoms with Crippen LogP contribution in [-0.2, 0) is 14.4 Å². The number of fused-ring (bicyclic) bond motifs is 1. The monoisotopic (exact) mass is 668 g/mol. The SMILES string of the molecule is CC(=O)C(C)=O.CC=O.Cc1nc(Cl)c(N)c(Cl)n1.Cc1nc(Cl)c2[nH]cnc2n1.Cc1nc(N)c(N)c(Cl)n1.N.O. The molecule has 0 aliphatic rings. The van der Waals surface area contributed by atoms with E-state index in [4.69, 9.17) is 68.4 Å². The predicted octanol–water partition coefficient (Wildman–Crippen LogP) is 3.30. The zero-order chi connectivity index (χ0) is 31.2. The van der Waals surface area contributed by atoms with Crippen LogP contribution in [0.3, 0.4) is 0 Å². The van der Waals surface area contributed by atoms with Gasteiger partial charge in [0.05, 0.1) is 6.33 Å². The summed E-state index contributed by atoms with van der Waals surface area (Å²) in [6.45, 7) is 9.11. The first-order valence-corrected chi connectivity index (χ1v) is 12.3. The van der Waals surface area contributed by atoms with Gasteiger partial charge in [-0.3, -0.25) is 9.59 Å². The number of carbonyl (C=O) groups excluding carboxylic acids is 3. The first kappa shape index (κ1) is 42.7. The second kappa shape index (κ2) is 21.0. The molecule has 4 heterocycles. The number of aromatic amines is 1. The molecule has 42 heavy (non-hydrogen) atoms. The highest BCUT2D eigenvalue weighted by atomic mass is 35.5. The number of halogens is 4. The second-order valence-electron chi connectivity index (χ2n) is 7.14. The van der Waals surface area contributed by atoms with Crippen molar-refractivity contribution in [3.63, 3.8) is 0 Å². The van der Waals surface area contributed by atoms with Gasteiger partial charge in [0.15, 0.2) is 43.6 Å². The average molecular weight is 670 g/mol. The van der Waals surface area contributed by atoms with Gasteiger partial charge in [0, 0.05) is 13.8 Å². The number of nitrogen functional groups attached to an aromatic ring is 3. The van der Waals surface area contributed by atoms with Crippen molar-refractivity contribution < 1.29 is 19.9 Å². The van der Waals surface area contributed by atoms with Crippen LogP contribution in [0.15, 0.2) is 6.33 Å². The zero-order valence-electron chi connectivity index (χ0n) is 23.5. The van der Waals surface area contributed by atoms with Crippen molar-refractivity contribution in [1.82, 2.24) is 46.0 Å². The number of hydrogen-bond donors (Lipinski definition) is 5. The van der Waals surface area contributed by atoms with Crippen molar-refractivity contribution in [1.29, 1.82) is 0 Å². The summed E-state index contributed by atoms with van der Waals surface area (Å²) < 4.78 is 0. The third-order valence-electron chi connectivity index (χ3n) is 3.85. The van der Waals surface area contributed by atoms with Crippen LogP contribution < -0.4 is 23.4 Å². The molecule has 0 fully saturated rings. The summed E-state index contributed by atoms with van der Waals surface area (Å²) in [6, 6.07) is 0. The van der Waals surface area contributed by atoms with Crippen molar-refractivity contribution in [3.05, 3.63) is 44.4 Å². The Bertz CT molecular complexity index is 1360. The van der Waals surface area contributed by atoms with Crippen LogP contribution in [0.2, 0.25) is 20.6 Å². The number of nitrogens with two attached hydrogens (primary N) is 3. The molecule has 232 valence electrons. The van der Waals surface area contributed by atoms with Crippen molar-refractivity contribution in [2.45, 2.75) is 41.5 Å². The Kier molecular flexibility index (Phi) is 21.3. The molecule has 20 heteroatoms. The van der Waals surface area contributed by atoms with Crippen LogP contribution in [0.25, 0.3) is 11.2 Å². The molecule has 12 N–H and O–H groups in total. The molecule has 0 aliphatic carbocycles. The Morgan fingerprint density at radius 2 is 1.10 bits per heavy atom. The van der Waals surface area contributed by atoms with Crippen molar-refractivity contribution >= 4 is 92.6 Å². The minimum Gasteiger partial charge on any atom is -0.412 e. The maximum atomic E-state index is 9.79. The molecular weight excluding hydrogens is 638 g/mol. The van der Waals surface area contributed by atoms with Gasteiger partial charge in [-0.2, -0.15) is 0 Å². The van der Waals surface area contributed by atoms with E-state index in [0.717, 1.165) is 6.29 Å². The van der Waals surface area contributed by atoms with Crippen LogP contribution in [0, 0.1) is 20.8 Å². The predicted molar refractivity (Wildman–Crippen MR) is 165 cm³/mol. The number of nitrogens with one attached hydrogen (secondary N) is 1. The maximum Gasteiger partial charge on any atom is 0.195 e. The smallest absolute Gasteiger partial charge is 0.195 e.